The molecule has 402 valence electrons. The first kappa shape index (κ1) is 54.4. The second-order valence-electron chi connectivity index (χ2n) is 24.6. The first-order valence-corrected chi connectivity index (χ1v) is 29.9. The van der Waals surface area contributed by atoms with Gasteiger partial charge in [-0.15, -0.1) is 17.7 Å². The van der Waals surface area contributed by atoms with Crippen LogP contribution in [0.2, 0.25) is 0 Å². The zero-order chi connectivity index (χ0) is 54.9. The predicted octanol–water partition coefficient (Wildman–Crippen LogP) is 15.8. The minimum Gasteiger partial charge on any atom is -0.493 e. The van der Waals surface area contributed by atoms with E-state index in [4.69, 9.17) is 4.98 Å². The Morgan fingerprint density at radius 2 is 0.950 bits per heavy atom. The number of anilines is 4. The Morgan fingerprint density at radius 3 is 1.54 bits per heavy atom. The monoisotopic (exact) mass is 1240 g/mol. The molecule has 0 fully saturated rings. The van der Waals surface area contributed by atoms with Gasteiger partial charge in [-0.25, -0.2) is 4.98 Å². The Kier molecular flexibility index (Phi) is 14.2. The van der Waals surface area contributed by atoms with Crippen LogP contribution in [0, 0.1) is 18.8 Å². The van der Waals surface area contributed by atoms with Crippen molar-refractivity contribution in [1.29, 1.82) is 0 Å². The maximum Gasteiger partial charge on any atom is 0.135 e. The van der Waals surface area contributed by atoms with E-state index in [0.29, 0.717) is 0 Å². The molecule has 0 bridgehead atoms. The molecule has 11 aromatic rings. The summed E-state index contributed by atoms with van der Waals surface area (Å²) in [6, 6.07) is 91.7. The van der Waals surface area contributed by atoms with Crippen molar-refractivity contribution in [2.75, 3.05) is 9.80 Å². The van der Waals surface area contributed by atoms with Crippen LogP contribution < -0.4 is 30.5 Å². The number of benzene rings is 9. The van der Waals surface area contributed by atoms with Crippen molar-refractivity contribution in [3.8, 4) is 5.82 Å². The molecule has 0 saturated carbocycles. The van der Waals surface area contributed by atoms with Crippen molar-refractivity contribution >= 4 is 73.4 Å². The number of hydrogen-bond donors (Lipinski definition) is 0. The molecular formula is C74H69N4PtSi-3. The van der Waals surface area contributed by atoms with Crippen LogP contribution >= 0.6 is 0 Å². The molecule has 0 aliphatic carbocycles. The van der Waals surface area contributed by atoms with Gasteiger partial charge in [0.1, 0.15) is 13.9 Å². The van der Waals surface area contributed by atoms with Crippen LogP contribution in [0.5, 0.6) is 0 Å². The smallest absolute Gasteiger partial charge is 0.135 e. The molecule has 3 heterocycles. The summed E-state index contributed by atoms with van der Waals surface area (Å²) in [5, 5.41) is 7.14. The maximum atomic E-state index is 5.08. The SMILES string of the molecule is CC(C)(C)c1ccnc(-n2c3[c-]c([Si](c4[c-]c(N5[CH-]N(c6cc(C(C)(C)c7ccccc7)cc(C(C)(C)c7ccccc7)c6)c6ccc(C(C)(C)C)cc65)ccc4)(c4ccccc4)c4ccccc4)ccc3c3ccccc32)c1.[Pt]. The molecule has 1 aliphatic heterocycles. The Hall–Kier alpha value is -7.56. The summed E-state index contributed by atoms with van der Waals surface area (Å²) in [7, 11) is -3.25. The average Bonchev–Trinajstić information content (AvgIpc) is 4.21. The summed E-state index contributed by atoms with van der Waals surface area (Å²) in [5.74, 6) is 0.889. The van der Waals surface area contributed by atoms with Crippen LogP contribution in [0.3, 0.4) is 0 Å². The maximum absolute atomic E-state index is 5.08. The van der Waals surface area contributed by atoms with Gasteiger partial charge in [-0.1, -0.05) is 226 Å². The van der Waals surface area contributed by atoms with E-state index in [-0.39, 0.29) is 42.7 Å². The minimum atomic E-state index is -3.25. The van der Waals surface area contributed by atoms with Gasteiger partial charge in [0.25, 0.3) is 0 Å². The van der Waals surface area contributed by atoms with Gasteiger partial charge in [0.15, 0.2) is 0 Å². The van der Waals surface area contributed by atoms with Gasteiger partial charge in [-0.2, -0.15) is 52.8 Å². The van der Waals surface area contributed by atoms with E-state index in [1.807, 2.05) is 6.20 Å². The second kappa shape index (κ2) is 20.8. The number of aromatic nitrogens is 2. The van der Waals surface area contributed by atoms with Crippen LogP contribution in [-0.2, 0) is 42.7 Å². The molecule has 80 heavy (non-hydrogen) atoms. The normalized spacial score (nSPS) is 13.2. The fraction of sp³-hybridized carbons (Fsp3) is 0.189. The summed E-state index contributed by atoms with van der Waals surface area (Å²) < 4.78 is 2.33. The van der Waals surface area contributed by atoms with Crippen molar-refractivity contribution in [2.45, 2.75) is 90.9 Å². The molecular weight excluding hydrogens is 1170 g/mol. The number of hydrogen-bond acceptors (Lipinski definition) is 3. The first-order chi connectivity index (χ1) is 37.9. The molecule has 2 aromatic heterocycles. The average molecular weight is 1240 g/mol. The number of pyridine rings is 1. The van der Waals surface area contributed by atoms with Crippen LogP contribution in [0.15, 0.2) is 231 Å². The van der Waals surface area contributed by atoms with Gasteiger partial charge in [0.05, 0.1) is 0 Å². The van der Waals surface area contributed by atoms with Crippen LogP contribution in [0.1, 0.15) is 103 Å². The van der Waals surface area contributed by atoms with Crippen LogP contribution in [0.4, 0.5) is 22.7 Å². The number of fused-ring (bicyclic) bond motifs is 4. The van der Waals surface area contributed by atoms with Crippen LogP contribution in [-0.4, -0.2) is 17.6 Å². The van der Waals surface area contributed by atoms with E-state index in [2.05, 4.69) is 327 Å². The zero-order valence-corrected chi connectivity index (χ0v) is 50.9. The summed E-state index contributed by atoms with van der Waals surface area (Å²) in [5.41, 5.74) is 13.3. The molecule has 0 spiro atoms. The molecule has 0 N–H and O–H groups in total. The molecule has 0 unspecified atom stereocenters. The molecule has 0 radical (unpaired) electrons. The van der Waals surface area contributed by atoms with E-state index >= 15 is 0 Å². The standard InChI is InChI=1S/C74H69N4Si.Pt/c1-71(2,3)54-38-41-67-69(47-54)76(51-77(67)59-45-56(73(7,8)52-26-15-11-16-27-52)44-57(46-59)74(9,10)53-28-17-12-18-29-53)58-30-25-35-62(49-58)79(60-31-19-13-20-32-60,61-33-21-14-22-34-61)63-39-40-65-64-36-23-24-37-66(64)78(68(65)50-63)70-48-55(42-43-75-70)72(4,5)6;/h11-48,51H,1-10H3;/q-3;. The fourth-order valence-electron chi connectivity index (χ4n) is 12.0. The molecule has 12 rings (SSSR count). The van der Waals surface area contributed by atoms with Gasteiger partial charge in [-0.05, 0) is 102 Å². The van der Waals surface area contributed by atoms with Gasteiger partial charge in [-0.3, -0.25) is 0 Å². The third-order valence-corrected chi connectivity index (χ3v) is 21.5. The van der Waals surface area contributed by atoms with Crippen molar-refractivity contribution < 1.29 is 21.1 Å². The quantitative estimate of drug-likeness (QED) is 0.0733. The Labute approximate surface area is 490 Å². The molecule has 1 aliphatic rings. The van der Waals surface area contributed by atoms with E-state index in [9.17, 15) is 0 Å². The Balaban J connectivity index is 0.00000675. The summed E-state index contributed by atoms with van der Waals surface area (Å²) >= 11 is 0. The van der Waals surface area contributed by atoms with Crippen molar-refractivity contribution in [1.82, 2.24) is 9.55 Å². The largest absolute Gasteiger partial charge is 0.493 e. The van der Waals surface area contributed by atoms with Crippen molar-refractivity contribution in [2.24, 2.45) is 0 Å². The summed E-state index contributed by atoms with van der Waals surface area (Å²) in [6.45, 7) is 25.4. The topological polar surface area (TPSA) is 24.3 Å². The minimum absolute atomic E-state index is 0. The van der Waals surface area contributed by atoms with E-state index in [0.717, 1.165) is 55.4 Å². The fourth-order valence-corrected chi connectivity index (χ4v) is 16.6. The van der Waals surface area contributed by atoms with E-state index in [1.165, 1.54) is 49.1 Å². The first-order valence-electron chi connectivity index (χ1n) is 27.9. The molecule has 4 nitrogen and oxygen atoms in total. The summed E-state index contributed by atoms with van der Waals surface area (Å²) in [6.07, 6.45) is 1.96. The molecule has 0 atom stereocenters. The second-order valence-corrected chi connectivity index (χ2v) is 28.4. The Morgan fingerprint density at radius 1 is 0.412 bits per heavy atom. The third kappa shape index (κ3) is 9.46. The molecule has 9 aromatic carbocycles. The summed E-state index contributed by atoms with van der Waals surface area (Å²) in [4.78, 5) is 9.89. The number of nitrogens with zero attached hydrogens (tertiary/aromatic N) is 4. The van der Waals surface area contributed by atoms with Crippen LogP contribution in [0.25, 0.3) is 27.6 Å². The van der Waals surface area contributed by atoms with Gasteiger partial charge in [0, 0.05) is 60.7 Å². The predicted molar refractivity (Wildman–Crippen MR) is 336 cm³/mol. The van der Waals surface area contributed by atoms with Crippen molar-refractivity contribution in [3.05, 3.63) is 283 Å². The molecule has 6 heteroatoms. The van der Waals surface area contributed by atoms with Gasteiger partial charge >= 0.3 is 0 Å². The number of rotatable bonds is 11. The zero-order valence-electron chi connectivity index (χ0n) is 47.6. The number of para-hydroxylation sites is 1. The third-order valence-electron chi connectivity index (χ3n) is 16.9. The molecule has 0 saturated heterocycles. The van der Waals surface area contributed by atoms with E-state index in [1.54, 1.807) is 0 Å². The Bertz CT molecular complexity index is 3910. The molecule has 0 amide bonds. The van der Waals surface area contributed by atoms with Crippen molar-refractivity contribution in [3.63, 3.8) is 0 Å². The van der Waals surface area contributed by atoms with Gasteiger partial charge < -0.3 is 14.4 Å². The van der Waals surface area contributed by atoms with Gasteiger partial charge in [0.2, 0.25) is 0 Å². The van der Waals surface area contributed by atoms with E-state index < -0.39 is 8.07 Å².